The predicted molar refractivity (Wildman–Crippen MR) is 92.2 cm³/mol. The number of nitrogens with one attached hydrogen (secondary N) is 1. The third-order valence-corrected chi connectivity index (χ3v) is 4.87. The first-order chi connectivity index (χ1) is 11.9. The quantitative estimate of drug-likeness (QED) is 0.715. The molecular weight excluding hydrogens is 371 g/mol. The zero-order chi connectivity index (χ0) is 17.8. The first-order valence-electron chi connectivity index (χ1n) is 7.47. The molecule has 0 bridgehead atoms. The fourth-order valence-electron chi connectivity index (χ4n) is 3.01. The van der Waals surface area contributed by atoms with Crippen LogP contribution < -0.4 is 5.32 Å². The van der Waals surface area contributed by atoms with E-state index in [-0.39, 0.29) is 5.95 Å². The van der Waals surface area contributed by atoms with E-state index in [1.807, 2.05) is 0 Å². The maximum absolute atomic E-state index is 14.1. The lowest BCUT2D eigenvalue weighted by molar-refractivity contribution is -0.119. The molecule has 2 aromatic carbocycles. The van der Waals surface area contributed by atoms with Crippen LogP contribution in [0.1, 0.15) is 11.5 Å². The Labute approximate surface area is 151 Å². The smallest absolute Gasteiger partial charge is 0.268 e. The van der Waals surface area contributed by atoms with E-state index in [4.69, 9.17) is 23.4 Å². The number of fused-ring (bicyclic) bond motifs is 1. The highest BCUT2D eigenvalue weighted by Crippen LogP contribution is 2.61. The highest BCUT2D eigenvalue weighted by Gasteiger charge is 2.72. The van der Waals surface area contributed by atoms with Gasteiger partial charge in [0.1, 0.15) is 5.92 Å². The number of amides is 1. The number of aromatic nitrogens is 2. The van der Waals surface area contributed by atoms with Crippen LogP contribution in [0.5, 0.6) is 0 Å². The summed E-state index contributed by atoms with van der Waals surface area (Å²) in [5, 5.41) is 2.84. The van der Waals surface area contributed by atoms with Gasteiger partial charge in [-0.25, -0.2) is 17.9 Å². The van der Waals surface area contributed by atoms with Crippen molar-refractivity contribution in [3.8, 4) is 0 Å². The summed E-state index contributed by atoms with van der Waals surface area (Å²) in [6.45, 7) is 0. The van der Waals surface area contributed by atoms with E-state index in [0.717, 1.165) is 4.09 Å². The Hall–Kier alpha value is -2.18. The van der Waals surface area contributed by atoms with Gasteiger partial charge in [-0.2, -0.15) is 0 Å². The zero-order valence-electron chi connectivity index (χ0n) is 12.6. The summed E-state index contributed by atoms with van der Waals surface area (Å²) in [6.07, 6.45) is 0. The van der Waals surface area contributed by atoms with Crippen LogP contribution in [-0.4, -0.2) is 20.9 Å². The van der Waals surface area contributed by atoms with Gasteiger partial charge in [-0.3, -0.25) is 10.1 Å². The van der Waals surface area contributed by atoms with Crippen LogP contribution in [-0.2, 0) is 4.79 Å². The molecule has 0 unspecified atom stereocenters. The van der Waals surface area contributed by atoms with Gasteiger partial charge in [-0.15, -0.1) is 0 Å². The second kappa shape index (κ2) is 5.68. The van der Waals surface area contributed by atoms with Crippen molar-refractivity contribution in [1.29, 1.82) is 0 Å². The average molecular weight is 382 g/mol. The Balaban J connectivity index is 1.60. The van der Waals surface area contributed by atoms with Crippen molar-refractivity contribution in [2.75, 3.05) is 5.32 Å². The Kier molecular flexibility index (Phi) is 3.70. The molecular formula is C17H11Cl2F2N3O. The molecule has 1 amide bonds. The van der Waals surface area contributed by atoms with Crippen LogP contribution >= 0.6 is 23.4 Å². The van der Waals surface area contributed by atoms with E-state index in [9.17, 15) is 13.6 Å². The van der Waals surface area contributed by atoms with E-state index in [1.54, 1.807) is 48.5 Å². The molecule has 25 heavy (non-hydrogen) atoms. The maximum atomic E-state index is 14.1. The van der Waals surface area contributed by atoms with Crippen molar-refractivity contribution in [3.05, 3.63) is 59.1 Å². The second-order valence-corrected chi connectivity index (χ2v) is 6.65. The Bertz CT molecular complexity index is 975. The number of halogens is 4. The summed E-state index contributed by atoms with van der Waals surface area (Å²) in [5.74, 6) is -6.52. The van der Waals surface area contributed by atoms with Gasteiger partial charge in [0.2, 0.25) is 11.9 Å². The predicted octanol–water partition coefficient (Wildman–Crippen LogP) is 4.68. The van der Waals surface area contributed by atoms with Gasteiger partial charge in [0.05, 0.1) is 17.0 Å². The maximum Gasteiger partial charge on any atom is 0.268 e. The number of alkyl halides is 2. The van der Waals surface area contributed by atoms with E-state index < -0.39 is 23.7 Å². The number of hydrogen-bond acceptors (Lipinski definition) is 2. The first-order valence-corrected chi connectivity index (χ1v) is 8.19. The molecule has 1 aliphatic rings. The molecule has 0 saturated heterocycles. The van der Waals surface area contributed by atoms with Crippen molar-refractivity contribution in [2.45, 2.75) is 11.8 Å². The molecule has 1 aromatic heterocycles. The third kappa shape index (κ3) is 2.65. The van der Waals surface area contributed by atoms with Crippen molar-refractivity contribution in [1.82, 2.24) is 9.07 Å². The Morgan fingerprint density at radius 3 is 2.64 bits per heavy atom. The van der Waals surface area contributed by atoms with Crippen molar-refractivity contribution in [3.63, 3.8) is 0 Å². The van der Waals surface area contributed by atoms with Crippen molar-refractivity contribution < 1.29 is 13.6 Å². The van der Waals surface area contributed by atoms with Gasteiger partial charge in [-0.1, -0.05) is 41.9 Å². The molecule has 1 heterocycles. The Morgan fingerprint density at radius 1 is 1.20 bits per heavy atom. The molecule has 0 radical (unpaired) electrons. The lowest BCUT2D eigenvalue weighted by atomic mass is 10.1. The number of carbonyl (C=O) groups is 1. The van der Waals surface area contributed by atoms with Crippen LogP contribution in [0.3, 0.4) is 0 Å². The molecule has 0 spiro atoms. The molecule has 1 saturated carbocycles. The summed E-state index contributed by atoms with van der Waals surface area (Å²) >= 11 is 12.0. The molecule has 4 nitrogen and oxygen atoms in total. The molecule has 1 N–H and O–H groups in total. The number of rotatable bonds is 3. The third-order valence-electron chi connectivity index (χ3n) is 4.29. The Morgan fingerprint density at radius 2 is 1.92 bits per heavy atom. The standard InChI is InChI=1S/C17H11Cl2F2N3O/c18-10-6-7-11-12(8-10)24(19)16(22-11)23-15(25)14-13(17(14,20)21)9-4-2-1-3-5-9/h1-8,13-14H,(H,22,23,25)/t13-,14+/m0/s1. The van der Waals surface area contributed by atoms with Crippen LogP contribution in [0.15, 0.2) is 48.5 Å². The van der Waals surface area contributed by atoms with Crippen LogP contribution in [0, 0.1) is 5.92 Å². The molecule has 1 aliphatic carbocycles. The molecule has 1 fully saturated rings. The van der Waals surface area contributed by atoms with E-state index in [1.165, 1.54) is 0 Å². The minimum absolute atomic E-state index is 0.0153. The topological polar surface area (TPSA) is 46.9 Å². The number of carbonyl (C=O) groups excluding carboxylic acids is 1. The van der Waals surface area contributed by atoms with Crippen LogP contribution in [0.2, 0.25) is 5.02 Å². The van der Waals surface area contributed by atoms with Crippen molar-refractivity contribution in [2.24, 2.45) is 5.92 Å². The molecule has 0 aliphatic heterocycles. The molecule has 4 rings (SSSR count). The fourth-order valence-corrected chi connectivity index (χ4v) is 3.40. The minimum atomic E-state index is -3.10. The van der Waals surface area contributed by atoms with Gasteiger partial charge in [-0.05, 0) is 23.8 Å². The number of hydrogen-bond donors (Lipinski definition) is 1. The van der Waals surface area contributed by atoms with E-state index in [2.05, 4.69) is 10.3 Å². The van der Waals surface area contributed by atoms with Crippen LogP contribution in [0.25, 0.3) is 11.0 Å². The monoisotopic (exact) mass is 381 g/mol. The van der Waals surface area contributed by atoms with Gasteiger partial charge >= 0.3 is 0 Å². The summed E-state index contributed by atoms with van der Waals surface area (Å²) < 4.78 is 29.3. The molecule has 128 valence electrons. The lowest BCUT2D eigenvalue weighted by Gasteiger charge is -2.02. The van der Waals surface area contributed by atoms with Crippen molar-refractivity contribution >= 4 is 46.3 Å². The highest BCUT2D eigenvalue weighted by molar-refractivity contribution is 6.31. The second-order valence-electron chi connectivity index (χ2n) is 5.88. The number of nitrogens with zero attached hydrogens (tertiary/aromatic N) is 2. The molecule has 3 aromatic rings. The van der Waals surface area contributed by atoms with E-state index >= 15 is 0 Å². The van der Waals surface area contributed by atoms with Gasteiger partial charge in [0.25, 0.3) is 5.92 Å². The molecule has 8 heteroatoms. The first kappa shape index (κ1) is 16.3. The SMILES string of the molecule is O=C(Nc1nc2ccc(Cl)cc2n1Cl)[C@H]1[C@H](c2ccccc2)C1(F)F. The highest BCUT2D eigenvalue weighted by atomic mass is 35.5. The number of benzene rings is 2. The summed E-state index contributed by atoms with van der Waals surface area (Å²) in [5.41, 5.74) is 1.40. The van der Waals surface area contributed by atoms with Crippen LogP contribution in [0.4, 0.5) is 14.7 Å². The largest absolute Gasteiger partial charge is 0.294 e. The zero-order valence-corrected chi connectivity index (χ0v) is 14.1. The van der Waals surface area contributed by atoms with E-state index in [0.29, 0.717) is 21.6 Å². The normalized spacial score (nSPS) is 21.3. The van der Waals surface area contributed by atoms with Gasteiger partial charge in [0, 0.05) is 16.8 Å². The minimum Gasteiger partial charge on any atom is -0.294 e. The summed E-state index contributed by atoms with van der Waals surface area (Å²) in [4.78, 5) is 16.5. The van der Waals surface area contributed by atoms with Gasteiger partial charge < -0.3 is 0 Å². The molecule has 2 atom stereocenters. The fraction of sp³-hybridized carbons (Fsp3) is 0.176. The lowest BCUT2D eigenvalue weighted by Crippen LogP contribution is -2.19. The number of anilines is 1. The van der Waals surface area contributed by atoms with Gasteiger partial charge in [0.15, 0.2) is 0 Å². The average Bonchev–Trinajstić information content (AvgIpc) is 3.05. The summed E-state index contributed by atoms with van der Waals surface area (Å²) in [6, 6.07) is 13.1. The summed E-state index contributed by atoms with van der Waals surface area (Å²) in [7, 11) is 0. The number of imidazole rings is 1.